The highest BCUT2D eigenvalue weighted by molar-refractivity contribution is 9.09. The Morgan fingerprint density at radius 2 is 1.93 bits per heavy atom. The van der Waals surface area contributed by atoms with Gasteiger partial charge in [-0.1, -0.05) is 22.5 Å². The lowest BCUT2D eigenvalue weighted by Gasteiger charge is -2.37. The van der Waals surface area contributed by atoms with Crippen molar-refractivity contribution in [3.63, 3.8) is 0 Å². The summed E-state index contributed by atoms with van der Waals surface area (Å²) in [5.41, 5.74) is 3.20. The zero-order chi connectivity index (χ0) is 21.0. The first-order valence-electron chi connectivity index (χ1n) is 9.71. The van der Waals surface area contributed by atoms with Crippen molar-refractivity contribution in [2.75, 3.05) is 26.2 Å². The maximum absolute atomic E-state index is 13.6. The van der Waals surface area contributed by atoms with Crippen molar-refractivity contribution in [3.05, 3.63) is 53.1 Å². The summed E-state index contributed by atoms with van der Waals surface area (Å²) in [4.78, 5) is 13.6. The standard InChI is InChI=1S/C23H21BrO6/c1-11(9-24)16-7-14-15(29-16)5-4-12-22(25)21-13-6-18(26-2)19(27-3)8-17(13)28-10-20(21)30-23(12)14/h4-6,8,16,20-21H,1,7,9-10H2,2-3H3/t16-,20-,21-/m1/s1. The molecule has 5 rings (SSSR count). The molecule has 156 valence electrons. The maximum atomic E-state index is 13.6. The van der Waals surface area contributed by atoms with Crippen LogP contribution in [0, 0.1) is 0 Å². The number of methoxy groups -OCH3 is 2. The zero-order valence-electron chi connectivity index (χ0n) is 16.7. The molecule has 3 atom stereocenters. The van der Waals surface area contributed by atoms with Gasteiger partial charge in [0.05, 0.1) is 25.7 Å². The minimum absolute atomic E-state index is 0.0172. The van der Waals surface area contributed by atoms with Crippen LogP contribution in [-0.4, -0.2) is 44.1 Å². The Bertz CT molecular complexity index is 1060. The van der Waals surface area contributed by atoms with E-state index in [0.29, 0.717) is 40.3 Å². The third kappa shape index (κ3) is 2.79. The van der Waals surface area contributed by atoms with Gasteiger partial charge < -0.3 is 23.7 Å². The van der Waals surface area contributed by atoms with Gasteiger partial charge in [-0.15, -0.1) is 0 Å². The Morgan fingerprint density at radius 3 is 2.67 bits per heavy atom. The van der Waals surface area contributed by atoms with Crippen LogP contribution in [0.1, 0.15) is 27.4 Å². The smallest absolute Gasteiger partial charge is 0.178 e. The van der Waals surface area contributed by atoms with E-state index >= 15 is 0 Å². The lowest BCUT2D eigenvalue weighted by molar-refractivity contribution is 0.0554. The number of carbonyl (C=O) groups excluding carboxylic acids is 1. The van der Waals surface area contributed by atoms with Crippen LogP contribution < -0.4 is 23.7 Å². The number of carbonyl (C=O) groups is 1. The largest absolute Gasteiger partial charge is 0.493 e. The average molecular weight is 473 g/mol. The molecule has 0 bridgehead atoms. The Hall–Kier alpha value is -2.67. The second-order valence-electron chi connectivity index (χ2n) is 7.58. The normalized spacial score (nSPS) is 23.0. The third-order valence-corrected chi connectivity index (χ3v) is 6.67. The summed E-state index contributed by atoms with van der Waals surface area (Å²) in [5, 5.41) is 0.661. The van der Waals surface area contributed by atoms with Crippen LogP contribution in [0.5, 0.6) is 28.7 Å². The van der Waals surface area contributed by atoms with Crippen LogP contribution in [0.25, 0.3) is 0 Å². The molecule has 7 heteroatoms. The highest BCUT2D eigenvalue weighted by atomic mass is 79.9. The van der Waals surface area contributed by atoms with Crippen LogP contribution in [0.15, 0.2) is 36.4 Å². The van der Waals surface area contributed by atoms with Gasteiger partial charge in [-0.05, 0) is 23.8 Å². The summed E-state index contributed by atoms with van der Waals surface area (Å²) in [6, 6.07) is 7.22. The van der Waals surface area contributed by atoms with Crippen LogP contribution in [0.4, 0.5) is 0 Å². The second kappa shape index (κ2) is 7.23. The van der Waals surface area contributed by atoms with E-state index in [1.165, 1.54) is 0 Å². The number of hydrogen-bond acceptors (Lipinski definition) is 6. The van der Waals surface area contributed by atoms with Gasteiger partial charge in [0.1, 0.15) is 36.1 Å². The number of halogens is 1. The minimum atomic E-state index is -0.463. The number of fused-ring (bicyclic) bond motifs is 6. The van der Waals surface area contributed by atoms with Gasteiger partial charge in [-0.25, -0.2) is 0 Å². The fraction of sp³-hybridized carbons (Fsp3) is 0.348. The molecular weight excluding hydrogens is 452 g/mol. The van der Waals surface area contributed by atoms with Crippen LogP contribution >= 0.6 is 15.9 Å². The number of rotatable bonds is 4. The summed E-state index contributed by atoms with van der Waals surface area (Å²) in [7, 11) is 3.14. The third-order valence-electron chi connectivity index (χ3n) is 5.95. The molecule has 2 aromatic carbocycles. The molecule has 0 fully saturated rings. The van der Waals surface area contributed by atoms with Crippen molar-refractivity contribution < 1.29 is 28.5 Å². The molecule has 6 nitrogen and oxygen atoms in total. The Morgan fingerprint density at radius 1 is 1.17 bits per heavy atom. The molecular formula is C23H21BrO6. The fourth-order valence-corrected chi connectivity index (χ4v) is 4.74. The van der Waals surface area contributed by atoms with Crippen molar-refractivity contribution in [2.24, 2.45) is 0 Å². The summed E-state index contributed by atoms with van der Waals surface area (Å²) < 4.78 is 29.1. The molecule has 0 spiro atoms. The Kier molecular flexibility index (Phi) is 4.65. The lowest BCUT2D eigenvalue weighted by Crippen LogP contribution is -2.43. The number of Topliss-reactive ketones (excluding diaryl/α,β-unsaturated/α-hetero) is 1. The molecule has 3 heterocycles. The minimum Gasteiger partial charge on any atom is -0.493 e. The first-order chi connectivity index (χ1) is 14.5. The number of alkyl halides is 1. The van der Waals surface area contributed by atoms with Crippen LogP contribution in [0.3, 0.4) is 0 Å². The molecule has 0 saturated carbocycles. The van der Waals surface area contributed by atoms with Gasteiger partial charge in [-0.2, -0.15) is 0 Å². The van der Waals surface area contributed by atoms with Crippen molar-refractivity contribution in [1.82, 2.24) is 0 Å². The molecule has 3 aliphatic heterocycles. The second-order valence-corrected chi connectivity index (χ2v) is 8.14. The van der Waals surface area contributed by atoms with Crippen LogP contribution in [-0.2, 0) is 6.42 Å². The van der Waals surface area contributed by atoms with Gasteiger partial charge in [0, 0.05) is 28.9 Å². The van der Waals surface area contributed by atoms with Crippen molar-refractivity contribution in [3.8, 4) is 28.7 Å². The summed E-state index contributed by atoms with van der Waals surface area (Å²) in [6.07, 6.45) is 0.0960. The quantitative estimate of drug-likeness (QED) is 0.493. The van der Waals surface area contributed by atoms with Gasteiger partial charge >= 0.3 is 0 Å². The predicted octanol–water partition coefficient (Wildman–Crippen LogP) is 4.08. The van der Waals surface area contributed by atoms with Crippen LogP contribution in [0.2, 0.25) is 0 Å². The first kappa shape index (κ1) is 19.3. The first-order valence-corrected chi connectivity index (χ1v) is 10.8. The molecule has 2 aromatic rings. The van der Waals surface area contributed by atoms with E-state index in [2.05, 4.69) is 22.5 Å². The van der Waals surface area contributed by atoms with Crippen molar-refractivity contribution in [1.29, 1.82) is 0 Å². The van der Waals surface area contributed by atoms with E-state index in [4.69, 9.17) is 23.7 Å². The maximum Gasteiger partial charge on any atom is 0.178 e. The Balaban J connectivity index is 1.56. The molecule has 0 amide bonds. The number of ether oxygens (including phenoxy) is 5. The number of ketones is 1. The molecule has 0 N–H and O–H groups in total. The SMILES string of the molecule is C=C(CBr)[C@H]1Cc2c(ccc3c2O[C@@H]2COc4cc(OC)c(OC)cc4[C@H]2C3=O)O1. The van der Waals surface area contributed by atoms with E-state index in [1.54, 1.807) is 26.4 Å². The molecule has 0 unspecified atom stereocenters. The van der Waals surface area contributed by atoms with Crippen molar-refractivity contribution in [2.45, 2.75) is 24.5 Å². The molecule has 0 radical (unpaired) electrons. The predicted molar refractivity (Wildman–Crippen MR) is 114 cm³/mol. The fourth-order valence-electron chi connectivity index (χ4n) is 4.38. The molecule has 3 aliphatic rings. The van der Waals surface area contributed by atoms with E-state index in [-0.39, 0.29) is 18.5 Å². The molecule has 0 aromatic heterocycles. The van der Waals surface area contributed by atoms with E-state index < -0.39 is 12.0 Å². The monoisotopic (exact) mass is 472 g/mol. The molecule has 0 saturated heterocycles. The van der Waals surface area contributed by atoms with Gasteiger partial charge in [-0.3, -0.25) is 4.79 Å². The molecule has 0 aliphatic carbocycles. The number of hydrogen-bond donors (Lipinski definition) is 0. The van der Waals surface area contributed by atoms with Crippen molar-refractivity contribution >= 4 is 21.7 Å². The topological polar surface area (TPSA) is 63.2 Å². The van der Waals surface area contributed by atoms with E-state index in [9.17, 15) is 4.79 Å². The Labute approximate surface area is 182 Å². The van der Waals surface area contributed by atoms with E-state index in [0.717, 1.165) is 22.4 Å². The summed E-state index contributed by atoms with van der Waals surface area (Å²) in [5.74, 6) is 2.64. The summed E-state index contributed by atoms with van der Waals surface area (Å²) in [6.45, 7) is 4.34. The van der Waals surface area contributed by atoms with Gasteiger partial charge in [0.2, 0.25) is 0 Å². The summed E-state index contributed by atoms with van der Waals surface area (Å²) >= 11 is 3.44. The van der Waals surface area contributed by atoms with Gasteiger partial charge in [0.15, 0.2) is 17.3 Å². The average Bonchev–Trinajstić information content (AvgIpc) is 3.22. The highest BCUT2D eigenvalue weighted by Crippen LogP contribution is 2.49. The van der Waals surface area contributed by atoms with E-state index in [1.807, 2.05) is 12.1 Å². The molecule has 30 heavy (non-hydrogen) atoms. The van der Waals surface area contributed by atoms with Gasteiger partial charge in [0.25, 0.3) is 0 Å². The number of benzene rings is 2. The lowest BCUT2D eigenvalue weighted by atomic mass is 9.81. The zero-order valence-corrected chi connectivity index (χ0v) is 18.3. The highest BCUT2D eigenvalue weighted by Gasteiger charge is 2.45.